The highest BCUT2D eigenvalue weighted by Crippen LogP contribution is 2.52. The van der Waals surface area contributed by atoms with Gasteiger partial charge in [-0.05, 0) is 42.6 Å². The molecule has 1 heteroatoms. The molecule has 2 saturated carbocycles. The molecule has 0 N–H and O–H groups in total. The van der Waals surface area contributed by atoms with Crippen LogP contribution in [0.3, 0.4) is 0 Å². The lowest BCUT2D eigenvalue weighted by molar-refractivity contribution is 0.450. The summed E-state index contributed by atoms with van der Waals surface area (Å²) >= 11 is 0. The van der Waals surface area contributed by atoms with Gasteiger partial charge in [-0.15, -0.1) is 0 Å². The monoisotopic (exact) mass is 284 g/mol. The largest absolute Gasteiger partial charge is 0.0871 e. The van der Waals surface area contributed by atoms with E-state index in [1.807, 2.05) is 0 Å². The van der Waals surface area contributed by atoms with Gasteiger partial charge in [-0.3, -0.25) is 0 Å². The topological polar surface area (TPSA) is 0 Å². The summed E-state index contributed by atoms with van der Waals surface area (Å²) in [5.74, 6) is 2.87. The van der Waals surface area contributed by atoms with Gasteiger partial charge < -0.3 is 0 Å². The molecule has 0 aliphatic heterocycles. The quantitative estimate of drug-likeness (QED) is 0.542. The first kappa shape index (κ1) is 14.1. The van der Waals surface area contributed by atoms with Gasteiger partial charge in [-0.2, -0.15) is 0 Å². The lowest BCUT2D eigenvalue weighted by atomic mass is 9.93. The second kappa shape index (κ2) is 5.18. The Labute approximate surface area is 125 Å². The Hall–Kier alpha value is -0.823. The zero-order chi connectivity index (χ0) is 14.3. The van der Waals surface area contributed by atoms with E-state index in [9.17, 15) is 0 Å². The van der Waals surface area contributed by atoms with Crippen molar-refractivity contribution in [2.75, 3.05) is 0 Å². The maximum absolute atomic E-state index is 2.68. The minimum absolute atomic E-state index is 0.742. The molecule has 2 aliphatic rings. The van der Waals surface area contributed by atoms with Crippen molar-refractivity contribution in [1.29, 1.82) is 0 Å². The highest BCUT2D eigenvalue weighted by atomic mass is 28.3. The molecular weight excluding hydrogens is 256 g/mol. The molecular formula is C19H28Si. The minimum Gasteiger partial charge on any atom is -0.0845 e. The van der Waals surface area contributed by atoms with Crippen LogP contribution in [0.15, 0.2) is 42.0 Å². The van der Waals surface area contributed by atoms with Crippen molar-refractivity contribution < 1.29 is 0 Å². The lowest BCUT2D eigenvalue weighted by Gasteiger charge is -2.29. The van der Waals surface area contributed by atoms with Gasteiger partial charge in [0.05, 0.1) is 8.07 Å². The Morgan fingerprint density at radius 2 is 1.85 bits per heavy atom. The lowest BCUT2D eigenvalue weighted by Crippen LogP contribution is -2.44. The summed E-state index contributed by atoms with van der Waals surface area (Å²) in [6.07, 6.45) is 7.02. The second-order valence-electron chi connectivity index (χ2n) is 7.63. The first-order chi connectivity index (χ1) is 9.50. The molecule has 2 bridgehead atoms. The number of fused-ring (bicyclic) bond motifs is 2. The molecule has 0 amide bonds. The molecule has 0 spiro atoms. The van der Waals surface area contributed by atoms with E-state index in [2.05, 4.69) is 63.3 Å². The molecule has 3 rings (SSSR count). The van der Waals surface area contributed by atoms with E-state index < -0.39 is 8.07 Å². The van der Waals surface area contributed by atoms with Crippen LogP contribution in [-0.4, -0.2) is 8.07 Å². The van der Waals surface area contributed by atoms with E-state index in [4.69, 9.17) is 0 Å². The van der Waals surface area contributed by atoms with Crippen LogP contribution >= 0.6 is 0 Å². The molecule has 4 atom stereocenters. The van der Waals surface area contributed by atoms with E-state index in [1.165, 1.54) is 19.3 Å². The Bertz CT molecular complexity index is 500. The van der Waals surface area contributed by atoms with E-state index in [1.54, 1.807) is 10.8 Å². The Morgan fingerprint density at radius 3 is 2.40 bits per heavy atom. The molecule has 0 aromatic heterocycles. The number of hydrogen-bond donors (Lipinski definition) is 0. The van der Waals surface area contributed by atoms with Crippen LogP contribution in [-0.2, 0) is 0 Å². The van der Waals surface area contributed by atoms with E-state index in [-0.39, 0.29) is 0 Å². The highest BCUT2D eigenvalue weighted by molar-refractivity contribution is 6.91. The fourth-order valence-electron chi connectivity index (χ4n) is 4.36. The van der Waals surface area contributed by atoms with Crippen LogP contribution < -0.4 is 5.19 Å². The van der Waals surface area contributed by atoms with Crippen molar-refractivity contribution in [3.8, 4) is 0 Å². The van der Waals surface area contributed by atoms with Gasteiger partial charge in [0.2, 0.25) is 0 Å². The third kappa shape index (κ3) is 2.30. The van der Waals surface area contributed by atoms with Crippen LogP contribution in [0.1, 0.15) is 33.1 Å². The molecule has 0 nitrogen and oxygen atoms in total. The Morgan fingerprint density at radius 1 is 1.15 bits per heavy atom. The predicted octanol–water partition coefficient (Wildman–Crippen LogP) is 4.98. The number of benzene rings is 1. The molecule has 20 heavy (non-hydrogen) atoms. The smallest absolute Gasteiger partial charge is 0.0845 e. The van der Waals surface area contributed by atoms with Crippen LogP contribution in [0, 0.1) is 17.8 Å². The molecule has 1 aromatic carbocycles. The Balaban J connectivity index is 1.81. The average Bonchev–Trinajstić information content (AvgIpc) is 2.94. The van der Waals surface area contributed by atoms with Gasteiger partial charge >= 0.3 is 0 Å². The average molecular weight is 285 g/mol. The highest BCUT2D eigenvalue weighted by Gasteiger charge is 2.42. The van der Waals surface area contributed by atoms with Crippen LogP contribution in [0.2, 0.25) is 18.6 Å². The first-order valence-corrected chi connectivity index (χ1v) is 11.3. The Kier molecular flexibility index (Phi) is 3.66. The molecule has 108 valence electrons. The summed E-state index contributed by atoms with van der Waals surface area (Å²) in [7, 11) is -1.38. The van der Waals surface area contributed by atoms with Crippen molar-refractivity contribution in [1.82, 2.24) is 0 Å². The summed E-state index contributed by atoms with van der Waals surface area (Å²) in [6, 6.07) is 11.2. The van der Waals surface area contributed by atoms with Gasteiger partial charge in [0.1, 0.15) is 0 Å². The van der Waals surface area contributed by atoms with Crippen molar-refractivity contribution in [2.24, 2.45) is 17.8 Å². The number of allylic oxidation sites excluding steroid dienone is 2. The van der Waals surface area contributed by atoms with Crippen LogP contribution in [0.5, 0.6) is 0 Å². The summed E-state index contributed by atoms with van der Waals surface area (Å²) in [5.41, 5.74) is 2.55. The summed E-state index contributed by atoms with van der Waals surface area (Å²) < 4.78 is 0. The van der Waals surface area contributed by atoms with Crippen LogP contribution in [0.25, 0.3) is 0 Å². The van der Waals surface area contributed by atoms with Gasteiger partial charge in [-0.1, -0.05) is 74.1 Å². The molecule has 2 aliphatic carbocycles. The SMILES string of the molecule is CC1C2CCC1/C(=C\[C@H](C)[Si](C)(C)c1ccccc1)C2. The molecule has 0 radical (unpaired) electrons. The molecule has 1 aromatic rings. The zero-order valence-corrected chi connectivity index (χ0v) is 14.4. The maximum atomic E-state index is 2.68. The molecule has 0 saturated heterocycles. The molecule has 3 unspecified atom stereocenters. The normalized spacial score (nSPS) is 32.8. The minimum atomic E-state index is -1.38. The maximum Gasteiger partial charge on any atom is 0.0871 e. The van der Waals surface area contributed by atoms with Gasteiger partial charge in [0, 0.05) is 0 Å². The number of rotatable bonds is 3. The standard InChI is InChI=1S/C19H28Si/c1-14(20(3,4)18-8-6-5-7-9-18)12-17-13-16-10-11-19(17)15(16)2/h5-9,12,14-16,19H,10-11,13H2,1-4H3/b17-12-/t14-,15?,16?,19?/m0/s1. The number of hydrogen-bond acceptors (Lipinski definition) is 0. The fourth-order valence-corrected chi connectivity index (χ4v) is 6.57. The summed E-state index contributed by atoms with van der Waals surface area (Å²) in [5, 5.41) is 1.60. The zero-order valence-electron chi connectivity index (χ0n) is 13.4. The third-order valence-corrected chi connectivity index (χ3v) is 10.6. The third-order valence-electron chi connectivity index (χ3n) is 6.32. The van der Waals surface area contributed by atoms with Gasteiger partial charge in [-0.25, -0.2) is 0 Å². The van der Waals surface area contributed by atoms with Crippen molar-refractivity contribution in [2.45, 2.75) is 51.7 Å². The fraction of sp³-hybridized carbons (Fsp3) is 0.579. The molecule has 2 fully saturated rings. The van der Waals surface area contributed by atoms with E-state index >= 15 is 0 Å². The predicted molar refractivity (Wildman–Crippen MR) is 91.1 cm³/mol. The van der Waals surface area contributed by atoms with Crippen molar-refractivity contribution in [3.05, 3.63) is 42.0 Å². The van der Waals surface area contributed by atoms with E-state index in [0.29, 0.717) is 0 Å². The van der Waals surface area contributed by atoms with Crippen molar-refractivity contribution in [3.63, 3.8) is 0 Å². The van der Waals surface area contributed by atoms with Crippen molar-refractivity contribution >= 4 is 13.3 Å². The summed E-state index contributed by atoms with van der Waals surface area (Å²) in [6.45, 7) is 10.00. The van der Waals surface area contributed by atoms with Crippen LogP contribution in [0.4, 0.5) is 0 Å². The van der Waals surface area contributed by atoms with E-state index in [0.717, 1.165) is 23.3 Å². The first-order valence-electron chi connectivity index (χ1n) is 8.26. The second-order valence-corrected chi connectivity index (χ2v) is 12.6. The molecule has 0 heterocycles. The summed E-state index contributed by atoms with van der Waals surface area (Å²) in [4.78, 5) is 0. The van der Waals surface area contributed by atoms with Gasteiger partial charge in [0.15, 0.2) is 0 Å². The van der Waals surface area contributed by atoms with Gasteiger partial charge in [0.25, 0.3) is 0 Å².